The minimum atomic E-state index is 0.280. The molecule has 2 bridgehead atoms. The first-order valence-corrected chi connectivity index (χ1v) is 4.90. The van der Waals surface area contributed by atoms with Gasteiger partial charge < -0.3 is 0 Å². The molecule has 0 saturated heterocycles. The van der Waals surface area contributed by atoms with E-state index < -0.39 is 0 Å². The van der Waals surface area contributed by atoms with Gasteiger partial charge in [0.25, 0.3) is 0 Å². The zero-order chi connectivity index (χ0) is 8.98. The summed E-state index contributed by atoms with van der Waals surface area (Å²) in [7, 11) is 0. The normalized spacial score (nSPS) is 49.2. The summed E-state index contributed by atoms with van der Waals surface area (Å²) in [5.74, 6) is 1.11. The van der Waals surface area contributed by atoms with Crippen LogP contribution in [0.4, 0.5) is 0 Å². The first kappa shape index (κ1) is 8.10. The van der Waals surface area contributed by atoms with Crippen LogP contribution in [0.25, 0.3) is 0 Å². The van der Waals surface area contributed by atoms with E-state index in [-0.39, 0.29) is 5.41 Å². The molecule has 0 aromatic rings. The van der Waals surface area contributed by atoms with Gasteiger partial charge in [0, 0.05) is 0 Å². The smallest absolute Gasteiger partial charge is 0.0667 e. The van der Waals surface area contributed by atoms with E-state index >= 15 is 0 Å². The molecule has 0 aromatic carbocycles. The molecule has 0 aromatic heterocycles. The van der Waals surface area contributed by atoms with Crippen LogP contribution in [0.15, 0.2) is 0 Å². The molecule has 3 atom stereocenters. The van der Waals surface area contributed by atoms with Crippen molar-refractivity contribution < 1.29 is 0 Å². The van der Waals surface area contributed by atoms with E-state index in [0.29, 0.717) is 11.3 Å². The van der Waals surface area contributed by atoms with Crippen LogP contribution in [0.1, 0.15) is 40.0 Å². The van der Waals surface area contributed by atoms with Gasteiger partial charge in [-0.3, -0.25) is 0 Å². The lowest BCUT2D eigenvalue weighted by Crippen LogP contribution is -2.33. The van der Waals surface area contributed by atoms with Crippen molar-refractivity contribution in [1.82, 2.24) is 0 Å². The van der Waals surface area contributed by atoms with Gasteiger partial charge in [-0.05, 0) is 36.0 Å². The van der Waals surface area contributed by atoms with Gasteiger partial charge in [-0.2, -0.15) is 5.26 Å². The largest absolute Gasteiger partial charge is 0.198 e. The summed E-state index contributed by atoms with van der Waals surface area (Å²) in [6.45, 7) is 6.85. The first-order chi connectivity index (χ1) is 5.50. The van der Waals surface area contributed by atoms with E-state index in [4.69, 9.17) is 5.26 Å². The standard InChI is InChI=1S/C11H17N/c1-10(2)8-4-5-11(3,6-8)9(10)7-12/h8-9H,4-6H2,1-3H3/t8-,9-,11+/m1/s1. The van der Waals surface area contributed by atoms with Gasteiger partial charge in [-0.15, -0.1) is 0 Å². The van der Waals surface area contributed by atoms with Crippen molar-refractivity contribution >= 4 is 0 Å². The van der Waals surface area contributed by atoms with E-state index in [1.165, 1.54) is 19.3 Å². The minimum absolute atomic E-state index is 0.280. The average molecular weight is 163 g/mol. The van der Waals surface area contributed by atoms with Gasteiger partial charge in [0.15, 0.2) is 0 Å². The molecular formula is C11H17N. The second-order valence-corrected chi connectivity index (χ2v) is 5.48. The van der Waals surface area contributed by atoms with Crippen molar-refractivity contribution in [1.29, 1.82) is 5.26 Å². The van der Waals surface area contributed by atoms with E-state index in [1.54, 1.807) is 0 Å². The molecule has 2 aliphatic carbocycles. The van der Waals surface area contributed by atoms with E-state index in [1.807, 2.05) is 0 Å². The highest BCUT2D eigenvalue weighted by atomic mass is 14.6. The van der Waals surface area contributed by atoms with Crippen molar-refractivity contribution in [2.45, 2.75) is 40.0 Å². The van der Waals surface area contributed by atoms with E-state index in [2.05, 4.69) is 26.8 Å². The summed E-state index contributed by atoms with van der Waals surface area (Å²) in [4.78, 5) is 0. The third-order valence-corrected chi connectivity index (χ3v) is 4.40. The Bertz CT molecular complexity index is 243. The maximum absolute atomic E-state index is 9.14. The van der Waals surface area contributed by atoms with Crippen LogP contribution < -0.4 is 0 Å². The molecule has 0 N–H and O–H groups in total. The van der Waals surface area contributed by atoms with Gasteiger partial charge >= 0.3 is 0 Å². The van der Waals surface area contributed by atoms with Crippen molar-refractivity contribution in [2.75, 3.05) is 0 Å². The van der Waals surface area contributed by atoms with Gasteiger partial charge in [0.2, 0.25) is 0 Å². The molecule has 0 radical (unpaired) electrons. The van der Waals surface area contributed by atoms with Crippen LogP contribution in [-0.2, 0) is 0 Å². The third-order valence-electron chi connectivity index (χ3n) is 4.40. The molecule has 1 heteroatoms. The topological polar surface area (TPSA) is 23.8 Å². The van der Waals surface area contributed by atoms with Gasteiger partial charge in [0.1, 0.15) is 0 Å². The maximum Gasteiger partial charge on any atom is 0.0667 e. The van der Waals surface area contributed by atoms with Crippen LogP contribution in [0.3, 0.4) is 0 Å². The second-order valence-electron chi connectivity index (χ2n) is 5.48. The Balaban J connectivity index is 2.39. The monoisotopic (exact) mass is 163 g/mol. The lowest BCUT2D eigenvalue weighted by atomic mass is 9.65. The molecule has 2 fully saturated rings. The van der Waals surface area contributed by atoms with E-state index in [9.17, 15) is 0 Å². The maximum atomic E-state index is 9.14. The lowest BCUT2D eigenvalue weighted by Gasteiger charge is -2.38. The molecule has 12 heavy (non-hydrogen) atoms. The summed E-state index contributed by atoms with van der Waals surface area (Å²) in [5.41, 5.74) is 0.630. The van der Waals surface area contributed by atoms with Crippen LogP contribution in [0, 0.1) is 34.0 Å². The summed E-state index contributed by atoms with van der Waals surface area (Å²) in [6, 6.07) is 2.53. The average Bonchev–Trinajstić information content (AvgIpc) is 2.39. The lowest BCUT2D eigenvalue weighted by molar-refractivity contribution is 0.119. The molecule has 2 rings (SSSR count). The Hall–Kier alpha value is -0.510. The summed E-state index contributed by atoms with van der Waals surface area (Å²) in [5, 5.41) is 9.14. The number of nitrogens with zero attached hydrogens (tertiary/aromatic N) is 1. The second kappa shape index (κ2) is 2.05. The quantitative estimate of drug-likeness (QED) is 0.538. The summed E-state index contributed by atoms with van der Waals surface area (Å²) >= 11 is 0. The van der Waals surface area contributed by atoms with Gasteiger partial charge in [-0.25, -0.2) is 0 Å². The zero-order valence-electron chi connectivity index (χ0n) is 8.22. The molecule has 2 aliphatic rings. The molecular weight excluding hydrogens is 146 g/mol. The molecule has 66 valence electrons. The Morgan fingerprint density at radius 2 is 2.00 bits per heavy atom. The number of fused-ring (bicyclic) bond motifs is 2. The Morgan fingerprint density at radius 3 is 2.33 bits per heavy atom. The van der Waals surface area contributed by atoms with Gasteiger partial charge in [0.05, 0.1) is 12.0 Å². The predicted octanol–water partition coefficient (Wildman–Crippen LogP) is 2.97. The highest BCUT2D eigenvalue weighted by Crippen LogP contribution is 2.65. The van der Waals surface area contributed by atoms with Gasteiger partial charge in [-0.1, -0.05) is 20.8 Å². The fourth-order valence-corrected chi connectivity index (χ4v) is 3.62. The highest BCUT2D eigenvalue weighted by Gasteiger charge is 2.59. The molecule has 1 nitrogen and oxygen atoms in total. The predicted molar refractivity (Wildman–Crippen MR) is 48.3 cm³/mol. The van der Waals surface area contributed by atoms with Crippen molar-refractivity contribution in [2.24, 2.45) is 22.7 Å². The molecule has 0 aliphatic heterocycles. The summed E-state index contributed by atoms with van der Waals surface area (Å²) in [6.07, 6.45) is 3.92. The zero-order valence-corrected chi connectivity index (χ0v) is 8.22. The molecule has 0 spiro atoms. The minimum Gasteiger partial charge on any atom is -0.198 e. The molecule has 0 unspecified atom stereocenters. The molecule has 0 amide bonds. The number of hydrogen-bond donors (Lipinski definition) is 0. The SMILES string of the molecule is CC1(C)[C@@H]2CC[C@@](C)(C2)[C@@H]1C#N. The Morgan fingerprint density at radius 1 is 1.33 bits per heavy atom. The third kappa shape index (κ3) is 0.736. The van der Waals surface area contributed by atoms with Crippen LogP contribution >= 0.6 is 0 Å². The number of hydrogen-bond acceptors (Lipinski definition) is 1. The first-order valence-electron chi connectivity index (χ1n) is 4.90. The van der Waals surface area contributed by atoms with Crippen molar-refractivity contribution in [3.05, 3.63) is 0 Å². The van der Waals surface area contributed by atoms with Crippen LogP contribution in [0.2, 0.25) is 0 Å². The molecule has 2 saturated carbocycles. The Labute approximate surface area is 74.8 Å². The number of nitriles is 1. The Kier molecular flexibility index (Phi) is 1.38. The fraction of sp³-hybridized carbons (Fsp3) is 0.909. The fourth-order valence-electron chi connectivity index (χ4n) is 3.62. The van der Waals surface area contributed by atoms with Crippen LogP contribution in [0.5, 0.6) is 0 Å². The highest BCUT2D eigenvalue weighted by molar-refractivity contribution is 5.15. The van der Waals surface area contributed by atoms with Crippen molar-refractivity contribution in [3.63, 3.8) is 0 Å². The van der Waals surface area contributed by atoms with Crippen LogP contribution in [-0.4, -0.2) is 0 Å². The summed E-state index contributed by atoms with van der Waals surface area (Å²) < 4.78 is 0. The van der Waals surface area contributed by atoms with E-state index in [0.717, 1.165) is 5.92 Å². The molecule has 0 heterocycles. The number of rotatable bonds is 0. The van der Waals surface area contributed by atoms with Crippen molar-refractivity contribution in [3.8, 4) is 6.07 Å².